The Morgan fingerprint density at radius 2 is 1.80 bits per heavy atom. The first-order valence-electron chi connectivity index (χ1n) is 7.41. The molecule has 0 atom stereocenters. The van der Waals surface area contributed by atoms with Crippen molar-refractivity contribution in [1.82, 2.24) is 4.31 Å². The second-order valence-corrected chi connectivity index (χ2v) is 8.14. The third-order valence-corrected chi connectivity index (χ3v) is 5.50. The van der Waals surface area contributed by atoms with Gasteiger partial charge in [0.05, 0.1) is 9.92 Å². The number of anilines is 1. The molecule has 0 radical (unpaired) electrons. The number of halogens is 1. The molecule has 8 heteroatoms. The number of rotatable bonds is 6. The minimum Gasteiger partial charge on any atom is -0.482 e. The van der Waals surface area contributed by atoms with E-state index in [-0.39, 0.29) is 17.4 Å². The fourth-order valence-electron chi connectivity index (χ4n) is 1.98. The van der Waals surface area contributed by atoms with Gasteiger partial charge in [0, 0.05) is 19.8 Å². The second-order valence-electron chi connectivity index (χ2n) is 5.58. The van der Waals surface area contributed by atoms with Crippen LogP contribution in [0, 0.1) is 6.92 Å². The molecule has 0 aliphatic heterocycles. The van der Waals surface area contributed by atoms with Gasteiger partial charge in [-0.2, -0.15) is 0 Å². The number of nitrogens with zero attached hydrogens (tertiary/aromatic N) is 1. The van der Waals surface area contributed by atoms with E-state index in [0.717, 1.165) is 9.87 Å². The fraction of sp³-hybridized carbons (Fsp3) is 0.235. The van der Waals surface area contributed by atoms with E-state index in [1.165, 1.54) is 38.4 Å². The van der Waals surface area contributed by atoms with E-state index in [0.29, 0.717) is 16.5 Å². The molecule has 0 spiro atoms. The molecule has 0 saturated heterocycles. The highest BCUT2D eigenvalue weighted by Gasteiger charge is 2.16. The van der Waals surface area contributed by atoms with Crippen LogP contribution in [0.5, 0.6) is 5.75 Å². The van der Waals surface area contributed by atoms with Gasteiger partial charge < -0.3 is 10.1 Å². The summed E-state index contributed by atoms with van der Waals surface area (Å²) in [5, 5.41) is 3.07. The number of ether oxygens (including phenoxy) is 1. The van der Waals surface area contributed by atoms with Gasteiger partial charge in [-0.15, -0.1) is 0 Å². The summed E-state index contributed by atoms with van der Waals surface area (Å²) in [7, 11) is -0.582. The third kappa shape index (κ3) is 4.94. The SMILES string of the molecule is Cc1ccc(Cl)c(OCC(=O)Nc2ccc(S(=O)(=O)N(C)C)cc2)c1. The minimum absolute atomic E-state index is 0.151. The summed E-state index contributed by atoms with van der Waals surface area (Å²) in [4.78, 5) is 12.1. The van der Waals surface area contributed by atoms with Crippen molar-refractivity contribution in [3.05, 3.63) is 53.1 Å². The molecule has 0 aliphatic carbocycles. The Morgan fingerprint density at radius 3 is 2.40 bits per heavy atom. The summed E-state index contributed by atoms with van der Waals surface area (Å²) in [5.41, 5.74) is 1.44. The zero-order chi connectivity index (χ0) is 18.6. The van der Waals surface area contributed by atoms with E-state index in [1.807, 2.05) is 13.0 Å². The topological polar surface area (TPSA) is 75.7 Å². The van der Waals surface area contributed by atoms with Crippen LogP contribution in [-0.2, 0) is 14.8 Å². The number of aryl methyl sites for hydroxylation is 1. The standard InChI is InChI=1S/C17H19ClN2O4S/c1-12-4-9-15(18)16(10-12)24-11-17(21)19-13-5-7-14(8-6-13)25(22,23)20(2)3/h4-10H,11H2,1-3H3,(H,19,21). The number of sulfonamides is 1. The predicted octanol–water partition coefficient (Wildman–Crippen LogP) is 2.92. The molecule has 1 N–H and O–H groups in total. The van der Waals surface area contributed by atoms with Crippen molar-refractivity contribution in [2.45, 2.75) is 11.8 Å². The molecule has 25 heavy (non-hydrogen) atoms. The van der Waals surface area contributed by atoms with Crippen molar-refractivity contribution in [3.63, 3.8) is 0 Å². The maximum atomic E-state index is 12.0. The quantitative estimate of drug-likeness (QED) is 0.833. The first-order chi connectivity index (χ1) is 11.7. The van der Waals surface area contributed by atoms with E-state index in [4.69, 9.17) is 16.3 Å². The summed E-state index contributed by atoms with van der Waals surface area (Å²) in [6.45, 7) is 1.69. The average Bonchev–Trinajstić information content (AvgIpc) is 2.56. The maximum absolute atomic E-state index is 12.0. The summed E-state index contributed by atoms with van der Waals surface area (Å²) < 4.78 is 30.5. The van der Waals surface area contributed by atoms with Crippen LogP contribution in [0.4, 0.5) is 5.69 Å². The van der Waals surface area contributed by atoms with Crippen LogP contribution in [0.1, 0.15) is 5.56 Å². The van der Waals surface area contributed by atoms with Gasteiger partial charge in [-0.3, -0.25) is 4.79 Å². The van der Waals surface area contributed by atoms with Crippen LogP contribution in [0.25, 0.3) is 0 Å². The lowest BCUT2D eigenvalue weighted by atomic mass is 10.2. The number of amides is 1. The Balaban J connectivity index is 1.98. The van der Waals surface area contributed by atoms with Crippen LogP contribution < -0.4 is 10.1 Å². The molecule has 0 aliphatic rings. The average molecular weight is 383 g/mol. The highest BCUT2D eigenvalue weighted by Crippen LogP contribution is 2.25. The molecule has 2 rings (SSSR count). The van der Waals surface area contributed by atoms with Crippen molar-refractivity contribution < 1.29 is 17.9 Å². The summed E-state index contributed by atoms with van der Waals surface area (Å²) in [5.74, 6) is 0.0602. The molecule has 0 aromatic heterocycles. The normalized spacial score (nSPS) is 11.4. The van der Waals surface area contributed by atoms with Gasteiger partial charge in [-0.25, -0.2) is 12.7 Å². The molecule has 0 saturated carbocycles. The summed E-state index contributed by atoms with van der Waals surface area (Å²) >= 11 is 6.01. The van der Waals surface area contributed by atoms with Gasteiger partial charge in [-0.1, -0.05) is 17.7 Å². The lowest BCUT2D eigenvalue weighted by Crippen LogP contribution is -2.22. The van der Waals surface area contributed by atoms with Crippen molar-refractivity contribution >= 4 is 33.2 Å². The first kappa shape index (κ1) is 19.2. The van der Waals surface area contributed by atoms with Crippen LogP contribution in [0.3, 0.4) is 0 Å². The Hall–Kier alpha value is -2.09. The lowest BCUT2D eigenvalue weighted by molar-refractivity contribution is -0.118. The molecular weight excluding hydrogens is 364 g/mol. The molecule has 1 amide bonds. The first-order valence-corrected chi connectivity index (χ1v) is 9.23. The second kappa shape index (κ2) is 7.86. The van der Waals surface area contributed by atoms with Crippen molar-refractivity contribution in [2.24, 2.45) is 0 Å². The van der Waals surface area contributed by atoms with E-state index in [9.17, 15) is 13.2 Å². The molecule has 0 fully saturated rings. The molecule has 0 unspecified atom stereocenters. The minimum atomic E-state index is -3.50. The van der Waals surface area contributed by atoms with Crippen molar-refractivity contribution in [1.29, 1.82) is 0 Å². The number of carbonyl (C=O) groups excluding carboxylic acids is 1. The van der Waals surface area contributed by atoms with Crippen LogP contribution in [0.2, 0.25) is 5.02 Å². The van der Waals surface area contributed by atoms with Gasteiger partial charge in [0.1, 0.15) is 5.75 Å². The monoisotopic (exact) mass is 382 g/mol. The largest absolute Gasteiger partial charge is 0.482 e. The number of benzene rings is 2. The van der Waals surface area contributed by atoms with Gasteiger partial charge in [0.15, 0.2) is 6.61 Å². The van der Waals surface area contributed by atoms with Gasteiger partial charge >= 0.3 is 0 Å². The highest BCUT2D eigenvalue weighted by atomic mass is 35.5. The van der Waals surface area contributed by atoms with Crippen LogP contribution in [-0.4, -0.2) is 39.3 Å². The highest BCUT2D eigenvalue weighted by molar-refractivity contribution is 7.89. The molecular formula is C17H19ClN2O4S. The zero-order valence-corrected chi connectivity index (χ0v) is 15.7. The Morgan fingerprint density at radius 1 is 1.16 bits per heavy atom. The van der Waals surface area contributed by atoms with E-state index < -0.39 is 10.0 Å². The summed E-state index contributed by atoms with van der Waals surface area (Å²) in [6, 6.07) is 11.2. The van der Waals surface area contributed by atoms with E-state index in [2.05, 4.69) is 5.32 Å². The summed E-state index contributed by atoms with van der Waals surface area (Å²) in [6.07, 6.45) is 0. The Labute approximate surface area is 152 Å². The predicted molar refractivity (Wildman–Crippen MR) is 97.6 cm³/mol. The Kier molecular flexibility index (Phi) is 6.05. The Bertz CT molecular complexity index is 865. The molecule has 2 aromatic rings. The third-order valence-electron chi connectivity index (χ3n) is 3.36. The van der Waals surface area contributed by atoms with Gasteiger partial charge in [0.2, 0.25) is 10.0 Å². The van der Waals surface area contributed by atoms with E-state index >= 15 is 0 Å². The maximum Gasteiger partial charge on any atom is 0.262 e. The number of hydrogen-bond donors (Lipinski definition) is 1. The molecule has 134 valence electrons. The fourth-order valence-corrected chi connectivity index (χ4v) is 3.06. The van der Waals surface area contributed by atoms with Crippen LogP contribution >= 0.6 is 11.6 Å². The molecule has 0 bridgehead atoms. The van der Waals surface area contributed by atoms with Crippen molar-refractivity contribution in [3.8, 4) is 5.75 Å². The number of nitrogens with one attached hydrogen (secondary N) is 1. The molecule has 6 nitrogen and oxygen atoms in total. The van der Waals surface area contributed by atoms with Crippen molar-refractivity contribution in [2.75, 3.05) is 26.0 Å². The molecule has 0 heterocycles. The van der Waals surface area contributed by atoms with Gasteiger partial charge in [-0.05, 0) is 48.9 Å². The van der Waals surface area contributed by atoms with Gasteiger partial charge in [0.25, 0.3) is 5.91 Å². The number of carbonyl (C=O) groups is 1. The number of hydrogen-bond acceptors (Lipinski definition) is 4. The van der Waals surface area contributed by atoms with Crippen LogP contribution in [0.15, 0.2) is 47.4 Å². The molecule has 2 aromatic carbocycles. The smallest absolute Gasteiger partial charge is 0.262 e. The zero-order valence-electron chi connectivity index (χ0n) is 14.1. The lowest BCUT2D eigenvalue weighted by Gasteiger charge is -2.12. The van der Waals surface area contributed by atoms with E-state index in [1.54, 1.807) is 12.1 Å².